The lowest BCUT2D eigenvalue weighted by molar-refractivity contribution is -0.143. The number of aliphatic carboxylic acids is 1. The number of benzene rings is 3. The van der Waals surface area contributed by atoms with Crippen molar-refractivity contribution in [2.45, 2.75) is 39.8 Å². The summed E-state index contributed by atoms with van der Waals surface area (Å²) in [6, 6.07) is 23.2. The first kappa shape index (κ1) is 22.1. The summed E-state index contributed by atoms with van der Waals surface area (Å²) in [4.78, 5) is 13.5. The van der Waals surface area contributed by atoms with Crippen molar-refractivity contribution < 1.29 is 14.6 Å². The number of ether oxygens (including phenoxy) is 1. The number of aryl methyl sites for hydroxylation is 1. The van der Waals surface area contributed by atoms with Gasteiger partial charge in [-0.05, 0) is 79.2 Å². The second kappa shape index (κ2) is 10.0. The molecule has 4 rings (SSSR count). The molecule has 0 amide bonds. The Kier molecular flexibility index (Phi) is 6.91. The predicted octanol–water partition coefficient (Wildman–Crippen LogP) is 5.85. The van der Waals surface area contributed by atoms with Crippen LogP contribution in [0, 0.1) is 19.8 Å². The summed E-state index contributed by atoms with van der Waals surface area (Å²) in [7, 11) is 0. The van der Waals surface area contributed by atoms with Gasteiger partial charge in [0.15, 0.2) is 0 Å². The van der Waals surface area contributed by atoms with Crippen molar-refractivity contribution in [2.75, 3.05) is 13.1 Å². The lowest BCUT2D eigenvalue weighted by Gasteiger charge is -2.30. The topological polar surface area (TPSA) is 49.8 Å². The Morgan fingerprint density at radius 1 is 1.00 bits per heavy atom. The summed E-state index contributed by atoms with van der Waals surface area (Å²) in [5, 5.41) is 9.17. The minimum absolute atomic E-state index is 0.187. The molecule has 1 fully saturated rings. The number of carboxylic acids is 1. The number of likely N-dealkylation sites (tertiary alicyclic amines) is 1. The van der Waals surface area contributed by atoms with Crippen LogP contribution in [0.15, 0.2) is 66.7 Å². The zero-order valence-corrected chi connectivity index (χ0v) is 18.9. The molecule has 1 saturated heterocycles. The van der Waals surface area contributed by atoms with Crippen LogP contribution in [-0.2, 0) is 17.9 Å². The van der Waals surface area contributed by atoms with Gasteiger partial charge < -0.3 is 9.84 Å². The van der Waals surface area contributed by atoms with Gasteiger partial charge in [-0.2, -0.15) is 0 Å². The Morgan fingerprint density at radius 2 is 1.75 bits per heavy atom. The van der Waals surface area contributed by atoms with Crippen molar-refractivity contribution in [1.29, 1.82) is 0 Å². The average Bonchev–Trinajstić information content (AvgIpc) is 2.80. The molecule has 0 aromatic heterocycles. The highest BCUT2D eigenvalue weighted by atomic mass is 16.5. The molecule has 166 valence electrons. The molecule has 0 unspecified atom stereocenters. The molecule has 0 spiro atoms. The van der Waals surface area contributed by atoms with E-state index in [1.165, 1.54) is 27.8 Å². The fourth-order valence-corrected chi connectivity index (χ4v) is 4.49. The van der Waals surface area contributed by atoms with Crippen LogP contribution in [0.5, 0.6) is 5.75 Å². The maximum atomic E-state index is 11.1. The standard InChI is InChI=1S/C28H31NO3/c1-20-17-22(18-29-15-13-24(14-16-29)28(30)31)11-12-27(20)32-19-25-9-6-10-26(21(25)2)23-7-4-3-5-8-23/h3-12,17,24H,13-16,18-19H2,1-2H3,(H,30,31). The van der Waals surface area contributed by atoms with Crippen LogP contribution in [0.4, 0.5) is 0 Å². The summed E-state index contributed by atoms with van der Waals surface area (Å²) >= 11 is 0. The number of carbonyl (C=O) groups is 1. The van der Waals surface area contributed by atoms with Gasteiger partial charge in [-0.3, -0.25) is 9.69 Å². The molecular weight excluding hydrogens is 398 g/mol. The van der Waals surface area contributed by atoms with Gasteiger partial charge in [-0.1, -0.05) is 60.7 Å². The van der Waals surface area contributed by atoms with Crippen molar-refractivity contribution in [3.63, 3.8) is 0 Å². The van der Waals surface area contributed by atoms with Gasteiger partial charge in [-0.25, -0.2) is 0 Å². The molecule has 4 heteroatoms. The second-order valence-corrected chi connectivity index (χ2v) is 8.73. The minimum Gasteiger partial charge on any atom is -0.489 e. The number of piperidine rings is 1. The van der Waals surface area contributed by atoms with Crippen molar-refractivity contribution in [3.8, 4) is 16.9 Å². The van der Waals surface area contributed by atoms with E-state index in [2.05, 4.69) is 79.4 Å². The monoisotopic (exact) mass is 429 g/mol. The lowest BCUT2D eigenvalue weighted by atomic mass is 9.96. The maximum absolute atomic E-state index is 11.1. The third-order valence-electron chi connectivity index (χ3n) is 6.50. The van der Waals surface area contributed by atoms with E-state index in [-0.39, 0.29) is 5.92 Å². The van der Waals surface area contributed by atoms with Crippen LogP contribution < -0.4 is 4.74 Å². The van der Waals surface area contributed by atoms with E-state index in [1.807, 2.05) is 6.07 Å². The van der Waals surface area contributed by atoms with Crippen LogP contribution in [-0.4, -0.2) is 29.1 Å². The molecule has 0 aliphatic carbocycles. The van der Waals surface area contributed by atoms with Crippen molar-refractivity contribution in [3.05, 3.63) is 89.0 Å². The van der Waals surface area contributed by atoms with Crippen LogP contribution >= 0.6 is 0 Å². The fraction of sp³-hybridized carbons (Fsp3) is 0.321. The van der Waals surface area contributed by atoms with Crippen LogP contribution in [0.3, 0.4) is 0 Å². The Hall–Kier alpha value is -3.11. The second-order valence-electron chi connectivity index (χ2n) is 8.73. The zero-order chi connectivity index (χ0) is 22.5. The van der Waals surface area contributed by atoms with E-state index in [0.29, 0.717) is 6.61 Å². The lowest BCUT2D eigenvalue weighted by Crippen LogP contribution is -2.35. The third kappa shape index (κ3) is 5.20. The summed E-state index contributed by atoms with van der Waals surface area (Å²) in [5.41, 5.74) is 7.27. The SMILES string of the molecule is Cc1cc(CN2CCC(C(=O)O)CC2)ccc1OCc1cccc(-c2ccccc2)c1C. The molecule has 1 N–H and O–H groups in total. The van der Waals surface area contributed by atoms with Crippen LogP contribution in [0.25, 0.3) is 11.1 Å². The first-order valence-corrected chi connectivity index (χ1v) is 11.3. The van der Waals surface area contributed by atoms with Crippen LogP contribution in [0.1, 0.15) is 35.1 Å². The van der Waals surface area contributed by atoms with Crippen molar-refractivity contribution in [2.24, 2.45) is 5.92 Å². The van der Waals surface area contributed by atoms with Crippen LogP contribution in [0.2, 0.25) is 0 Å². The number of carboxylic acid groups (broad SMARTS) is 1. The molecule has 0 saturated carbocycles. The first-order valence-electron chi connectivity index (χ1n) is 11.3. The van der Waals surface area contributed by atoms with Gasteiger partial charge >= 0.3 is 5.97 Å². The van der Waals surface area contributed by atoms with Gasteiger partial charge in [-0.15, -0.1) is 0 Å². The molecule has 3 aromatic carbocycles. The van der Waals surface area contributed by atoms with E-state index in [1.54, 1.807) is 0 Å². The maximum Gasteiger partial charge on any atom is 0.306 e. The van der Waals surface area contributed by atoms with Crippen molar-refractivity contribution in [1.82, 2.24) is 4.90 Å². The number of hydrogen-bond donors (Lipinski definition) is 1. The molecule has 0 radical (unpaired) electrons. The van der Waals surface area contributed by atoms with Crippen molar-refractivity contribution >= 4 is 5.97 Å². The highest BCUT2D eigenvalue weighted by molar-refractivity contribution is 5.70. The molecule has 0 bridgehead atoms. The predicted molar refractivity (Wildman–Crippen MR) is 128 cm³/mol. The van der Waals surface area contributed by atoms with Gasteiger partial charge in [0.2, 0.25) is 0 Å². The van der Waals surface area contributed by atoms with Gasteiger partial charge in [0.1, 0.15) is 12.4 Å². The van der Waals surface area contributed by atoms with Gasteiger partial charge in [0.25, 0.3) is 0 Å². The molecule has 0 atom stereocenters. The van der Waals surface area contributed by atoms with E-state index in [4.69, 9.17) is 4.74 Å². The first-order chi connectivity index (χ1) is 15.5. The smallest absolute Gasteiger partial charge is 0.306 e. The molecular formula is C28H31NO3. The molecule has 3 aromatic rings. The number of hydrogen-bond acceptors (Lipinski definition) is 3. The Labute approximate surface area is 190 Å². The highest BCUT2D eigenvalue weighted by Gasteiger charge is 2.24. The molecule has 1 heterocycles. The Morgan fingerprint density at radius 3 is 2.44 bits per heavy atom. The molecule has 1 aliphatic rings. The molecule has 32 heavy (non-hydrogen) atoms. The largest absolute Gasteiger partial charge is 0.489 e. The Balaban J connectivity index is 1.38. The average molecular weight is 430 g/mol. The normalized spacial score (nSPS) is 14.9. The fourth-order valence-electron chi connectivity index (χ4n) is 4.49. The Bertz CT molecular complexity index is 1070. The van der Waals surface area contributed by atoms with E-state index < -0.39 is 5.97 Å². The summed E-state index contributed by atoms with van der Waals surface area (Å²) in [5.74, 6) is 0.0574. The number of rotatable bonds is 7. The summed E-state index contributed by atoms with van der Waals surface area (Å²) in [6.45, 7) is 7.31. The van der Waals surface area contributed by atoms with E-state index >= 15 is 0 Å². The number of nitrogens with zero attached hydrogens (tertiary/aromatic N) is 1. The molecule has 4 nitrogen and oxygen atoms in total. The minimum atomic E-state index is -0.661. The zero-order valence-electron chi connectivity index (χ0n) is 18.9. The van der Waals surface area contributed by atoms with Gasteiger partial charge in [0, 0.05) is 6.54 Å². The molecule has 1 aliphatic heterocycles. The summed E-state index contributed by atoms with van der Waals surface area (Å²) in [6.07, 6.45) is 1.47. The van der Waals surface area contributed by atoms with E-state index in [9.17, 15) is 9.90 Å². The quantitative estimate of drug-likeness (QED) is 0.512. The third-order valence-corrected chi connectivity index (χ3v) is 6.50. The van der Waals surface area contributed by atoms with E-state index in [0.717, 1.165) is 43.8 Å². The van der Waals surface area contributed by atoms with Gasteiger partial charge in [0.05, 0.1) is 5.92 Å². The highest BCUT2D eigenvalue weighted by Crippen LogP contribution is 2.28. The summed E-state index contributed by atoms with van der Waals surface area (Å²) < 4.78 is 6.20.